The first kappa shape index (κ1) is 18.5. The maximum Gasteiger partial charge on any atom is 0.251 e. The summed E-state index contributed by atoms with van der Waals surface area (Å²) in [5.74, 6) is 0.757. The van der Waals surface area contributed by atoms with Crippen LogP contribution in [0.4, 0.5) is 0 Å². The van der Waals surface area contributed by atoms with Crippen molar-refractivity contribution in [1.82, 2.24) is 10.6 Å². The number of benzene rings is 2. The van der Waals surface area contributed by atoms with Gasteiger partial charge in [-0.2, -0.15) is 0 Å². The van der Waals surface area contributed by atoms with E-state index in [1.165, 1.54) is 5.56 Å². The van der Waals surface area contributed by atoms with Crippen molar-refractivity contribution in [2.45, 2.75) is 20.3 Å². The number of hydrogen-bond acceptors (Lipinski definition) is 3. The summed E-state index contributed by atoms with van der Waals surface area (Å²) < 4.78 is 5.71. The maximum absolute atomic E-state index is 11.6. The van der Waals surface area contributed by atoms with Crippen molar-refractivity contribution in [2.24, 2.45) is 0 Å². The molecule has 0 spiro atoms. The van der Waals surface area contributed by atoms with Gasteiger partial charge < -0.3 is 15.4 Å². The van der Waals surface area contributed by atoms with Crippen LogP contribution in [0, 0.1) is 13.8 Å². The molecule has 132 valence electrons. The van der Waals surface area contributed by atoms with E-state index in [0.717, 1.165) is 28.9 Å². The first-order chi connectivity index (χ1) is 12.0. The minimum Gasteiger partial charge on any atom is -0.491 e. The highest BCUT2D eigenvalue weighted by molar-refractivity contribution is 5.93. The van der Waals surface area contributed by atoms with E-state index in [1.807, 2.05) is 37.3 Å². The summed E-state index contributed by atoms with van der Waals surface area (Å²) in [7, 11) is 1.63. The van der Waals surface area contributed by atoms with Crippen LogP contribution in [0.2, 0.25) is 0 Å². The van der Waals surface area contributed by atoms with Crippen molar-refractivity contribution < 1.29 is 14.3 Å². The Morgan fingerprint density at radius 1 is 1.12 bits per heavy atom. The van der Waals surface area contributed by atoms with E-state index >= 15 is 0 Å². The molecular formula is C20H24N2O3. The molecule has 0 bridgehead atoms. The Hall–Kier alpha value is -2.82. The molecule has 0 aliphatic carbocycles. The van der Waals surface area contributed by atoms with Crippen LogP contribution >= 0.6 is 0 Å². The highest BCUT2D eigenvalue weighted by atomic mass is 16.5. The summed E-state index contributed by atoms with van der Waals surface area (Å²) in [6.45, 7) is 5.01. The molecule has 2 N–H and O–H groups in total. The zero-order valence-corrected chi connectivity index (χ0v) is 14.9. The van der Waals surface area contributed by atoms with Crippen molar-refractivity contribution in [2.75, 3.05) is 20.2 Å². The first-order valence-corrected chi connectivity index (χ1v) is 8.26. The number of nitrogens with one attached hydrogen (secondary N) is 2. The van der Waals surface area contributed by atoms with E-state index in [9.17, 15) is 9.59 Å². The monoisotopic (exact) mass is 340 g/mol. The molecular weight excluding hydrogens is 316 g/mol. The molecule has 0 aliphatic heterocycles. The lowest BCUT2D eigenvalue weighted by Gasteiger charge is -2.14. The van der Waals surface area contributed by atoms with Gasteiger partial charge in [-0.05, 0) is 60.7 Å². The molecule has 2 aromatic carbocycles. The van der Waals surface area contributed by atoms with Crippen molar-refractivity contribution in [3.05, 3.63) is 64.2 Å². The van der Waals surface area contributed by atoms with Gasteiger partial charge in [0.25, 0.3) is 5.91 Å². The van der Waals surface area contributed by atoms with Gasteiger partial charge in [-0.3, -0.25) is 9.59 Å². The van der Waals surface area contributed by atoms with Gasteiger partial charge in [-0.25, -0.2) is 0 Å². The molecule has 5 heteroatoms. The van der Waals surface area contributed by atoms with Gasteiger partial charge in [0, 0.05) is 12.6 Å². The van der Waals surface area contributed by atoms with Gasteiger partial charge in [0.15, 0.2) is 0 Å². The molecule has 0 atom stereocenters. The van der Waals surface area contributed by atoms with Crippen LogP contribution < -0.4 is 15.4 Å². The second-order valence-corrected chi connectivity index (χ2v) is 5.92. The lowest BCUT2D eigenvalue weighted by molar-refractivity contribution is -0.109. The van der Waals surface area contributed by atoms with Gasteiger partial charge in [0.05, 0.1) is 6.54 Å². The summed E-state index contributed by atoms with van der Waals surface area (Å²) in [5, 5.41) is 5.20. The number of rotatable bonds is 8. The van der Waals surface area contributed by atoms with Crippen LogP contribution in [0.3, 0.4) is 0 Å². The number of hydrogen-bond donors (Lipinski definition) is 2. The number of aryl methyl sites for hydroxylation is 2. The van der Waals surface area contributed by atoms with Crippen LogP contribution in [0.15, 0.2) is 36.4 Å². The number of amides is 2. The van der Waals surface area contributed by atoms with Gasteiger partial charge in [-0.1, -0.05) is 18.2 Å². The number of ether oxygens (including phenoxy) is 1. The lowest BCUT2D eigenvalue weighted by Crippen LogP contribution is -2.19. The molecule has 0 saturated heterocycles. The highest BCUT2D eigenvalue weighted by Crippen LogP contribution is 2.24. The van der Waals surface area contributed by atoms with E-state index in [0.29, 0.717) is 25.1 Å². The Morgan fingerprint density at radius 2 is 1.84 bits per heavy atom. The minimum atomic E-state index is -0.0795. The average molecular weight is 340 g/mol. The molecule has 0 radical (unpaired) electrons. The quantitative estimate of drug-likeness (QED) is 0.573. The topological polar surface area (TPSA) is 67.4 Å². The summed E-state index contributed by atoms with van der Waals surface area (Å²) >= 11 is 0. The van der Waals surface area contributed by atoms with Crippen LogP contribution in [0.1, 0.15) is 32.6 Å². The molecule has 2 aromatic rings. The SMILES string of the molecule is CNC(=O)c1ccc(Cc2cc(C)c(OCCNC=O)cc2C)cc1. The molecule has 2 rings (SSSR count). The van der Waals surface area contributed by atoms with Crippen LogP contribution in [0.5, 0.6) is 5.75 Å². The first-order valence-electron chi connectivity index (χ1n) is 8.26. The molecule has 25 heavy (non-hydrogen) atoms. The Morgan fingerprint density at radius 3 is 2.48 bits per heavy atom. The Bertz CT molecular complexity index is 739. The fourth-order valence-electron chi connectivity index (χ4n) is 2.61. The summed E-state index contributed by atoms with van der Waals surface area (Å²) in [6, 6.07) is 11.8. The second kappa shape index (κ2) is 8.87. The van der Waals surface area contributed by atoms with E-state index < -0.39 is 0 Å². The Labute approximate surface area is 148 Å². The Kier molecular flexibility index (Phi) is 6.57. The molecule has 2 amide bonds. The van der Waals surface area contributed by atoms with Crippen molar-refractivity contribution >= 4 is 12.3 Å². The molecule has 0 heterocycles. The van der Waals surface area contributed by atoms with E-state index in [2.05, 4.69) is 23.6 Å². The summed E-state index contributed by atoms with van der Waals surface area (Å²) in [5.41, 5.74) is 5.25. The molecule has 0 saturated carbocycles. The van der Waals surface area contributed by atoms with Gasteiger partial charge in [-0.15, -0.1) is 0 Å². The minimum absolute atomic E-state index is 0.0795. The van der Waals surface area contributed by atoms with Crippen LogP contribution in [-0.2, 0) is 11.2 Å². The lowest BCUT2D eigenvalue weighted by atomic mass is 9.97. The zero-order valence-electron chi connectivity index (χ0n) is 14.9. The van der Waals surface area contributed by atoms with E-state index in [-0.39, 0.29) is 5.91 Å². The molecule has 0 aromatic heterocycles. The van der Waals surface area contributed by atoms with E-state index in [1.54, 1.807) is 7.05 Å². The summed E-state index contributed by atoms with van der Waals surface area (Å²) in [6.07, 6.45) is 1.47. The highest BCUT2D eigenvalue weighted by Gasteiger charge is 2.08. The molecule has 5 nitrogen and oxygen atoms in total. The predicted octanol–water partition coefficient (Wildman–Crippen LogP) is 2.38. The third-order valence-electron chi connectivity index (χ3n) is 4.06. The van der Waals surface area contributed by atoms with Crippen LogP contribution in [-0.4, -0.2) is 32.5 Å². The molecule has 0 unspecified atom stereocenters. The third-order valence-corrected chi connectivity index (χ3v) is 4.06. The number of carbonyl (C=O) groups is 2. The van der Waals surface area contributed by atoms with Crippen LogP contribution in [0.25, 0.3) is 0 Å². The number of carbonyl (C=O) groups excluding carboxylic acids is 2. The fraction of sp³-hybridized carbons (Fsp3) is 0.300. The Balaban J connectivity index is 2.08. The summed E-state index contributed by atoms with van der Waals surface area (Å²) in [4.78, 5) is 21.8. The smallest absolute Gasteiger partial charge is 0.251 e. The largest absolute Gasteiger partial charge is 0.491 e. The average Bonchev–Trinajstić information content (AvgIpc) is 2.62. The van der Waals surface area contributed by atoms with Crippen molar-refractivity contribution in [3.63, 3.8) is 0 Å². The molecule has 0 aliphatic rings. The van der Waals surface area contributed by atoms with Gasteiger partial charge >= 0.3 is 0 Å². The predicted molar refractivity (Wildman–Crippen MR) is 98.1 cm³/mol. The van der Waals surface area contributed by atoms with E-state index in [4.69, 9.17) is 4.74 Å². The second-order valence-electron chi connectivity index (χ2n) is 5.92. The third kappa shape index (κ3) is 5.08. The maximum atomic E-state index is 11.6. The van der Waals surface area contributed by atoms with Gasteiger partial charge in [0.2, 0.25) is 6.41 Å². The van der Waals surface area contributed by atoms with Gasteiger partial charge in [0.1, 0.15) is 12.4 Å². The molecule has 0 fully saturated rings. The standard InChI is InChI=1S/C20H24N2O3/c1-14-11-19(25-9-8-22-13-23)15(2)10-18(14)12-16-4-6-17(7-5-16)20(24)21-3/h4-7,10-11,13H,8-9,12H2,1-3H3,(H,21,24)(H,22,23). The van der Waals surface area contributed by atoms with Crippen molar-refractivity contribution in [3.8, 4) is 5.75 Å². The normalized spacial score (nSPS) is 10.2. The fourth-order valence-corrected chi connectivity index (χ4v) is 2.61. The zero-order chi connectivity index (χ0) is 18.2. The van der Waals surface area contributed by atoms with Crippen molar-refractivity contribution in [1.29, 1.82) is 0 Å².